The van der Waals surface area contributed by atoms with Gasteiger partial charge in [0, 0.05) is 32.7 Å². The van der Waals surface area contributed by atoms with Crippen molar-refractivity contribution in [1.29, 1.82) is 0 Å². The molecule has 2 heterocycles. The van der Waals surface area contributed by atoms with Gasteiger partial charge in [-0.25, -0.2) is 0 Å². The fraction of sp³-hybridized carbons (Fsp3) is 0.667. The van der Waals surface area contributed by atoms with E-state index in [4.69, 9.17) is 9.15 Å². The maximum Gasteiger partial charge on any atom is 0.257 e. The molecule has 6 heteroatoms. The molecule has 6 nitrogen and oxygen atoms in total. The summed E-state index contributed by atoms with van der Waals surface area (Å²) in [4.78, 5) is 26.4. The Morgan fingerprint density at radius 3 is 2.79 bits per heavy atom. The molecular weight excluding hydrogens is 308 g/mol. The zero-order valence-corrected chi connectivity index (χ0v) is 14.8. The predicted molar refractivity (Wildman–Crippen MR) is 90.8 cm³/mol. The number of hydrogen-bond acceptors (Lipinski definition) is 4. The van der Waals surface area contributed by atoms with Crippen molar-refractivity contribution in [3.8, 4) is 0 Å². The zero-order chi connectivity index (χ0) is 17.5. The molecule has 1 aliphatic heterocycles. The van der Waals surface area contributed by atoms with Crippen LogP contribution in [0.5, 0.6) is 0 Å². The van der Waals surface area contributed by atoms with E-state index in [2.05, 4.69) is 19.2 Å². The summed E-state index contributed by atoms with van der Waals surface area (Å²) in [6.45, 7) is 8.16. The van der Waals surface area contributed by atoms with Crippen molar-refractivity contribution in [3.63, 3.8) is 0 Å². The Morgan fingerprint density at radius 1 is 1.42 bits per heavy atom. The topological polar surface area (TPSA) is 71.8 Å². The van der Waals surface area contributed by atoms with Crippen LogP contribution in [0.2, 0.25) is 0 Å². The second-order valence-electron chi connectivity index (χ2n) is 6.72. The average Bonchev–Trinajstić information content (AvgIpc) is 3.20. The summed E-state index contributed by atoms with van der Waals surface area (Å²) in [5.74, 6) is 0.875. The summed E-state index contributed by atoms with van der Waals surface area (Å²) in [5, 5.41) is 2.89. The highest BCUT2D eigenvalue weighted by molar-refractivity contribution is 5.95. The van der Waals surface area contributed by atoms with E-state index in [1.807, 2.05) is 0 Å². The Hall–Kier alpha value is -1.82. The van der Waals surface area contributed by atoms with Gasteiger partial charge in [-0.05, 0) is 31.7 Å². The summed E-state index contributed by atoms with van der Waals surface area (Å²) < 4.78 is 10.9. The minimum absolute atomic E-state index is 0.0299. The van der Waals surface area contributed by atoms with Crippen molar-refractivity contribution in [2.24, 2.45) is 5.92 Å². The molecular formula is C18H28N2O4. The Labute approximate surface area is 143 Å². The SMILES string of the molecule is Cc1occc1C(=O)N(CCC(=O)NCC(C)C)C[C@@H]1CCCO1. The van der Waals surface area contributed by atoms with Crippen molar-refractivity contribution in [2.45, 2.75) is 46.1 Å². The molecule has 2 rings (SSSR count). The van der Waals surface area contributed by atoms with Gasteiger partial charge in [-0.3, -0.25) is 9.59 Å². The molecule has 1 N–H and O–H groups in total. The lowest BCUT2D eigenvalue weighted by Crippen LogP contribution is -2.40. The smallest absolute Gasteiger partial charge is 0.257 e. The van der Waals surface area contributed by atoms with Gasteiger partial charge in [0.2, 0.25) is 5.91 Å². The van der Waals surface area contributed by atoms with Crippen LogP contribution in [0.3, 0.4) is 0 Å². The van der Waals surface area contributed by atoms with Crippen molar-refractivity contribution in [3.05, 3.63) is 23.7 Å². The first-order valence-electron chi connectivity index (χ1n) is 8.69. The molecule has 134 valence electrons. The standard InChI is InChI=1S/C18H28N2O4/c1-13(2)11-19-17(21)6-8-20(12-15-5-4-9-24-15)18(22)16-7-10-23-14(16)3/h7,10,13,15H,4-6,8-9,11-12H2,1-3H3,(H,19,21)/t15-/m0/s1. The quantitative estimate of drug-likeness (QED) is 0.791. The van der Waals surface area contributed by atoms with Crippen molar-refractivity contribution >= 4 is 11.8 Å². The van der Waals surface area contributed by atoms with E-state index >= 15 is 0 Å². The zero-order valence-electron chi connectivity index (χ0n) is 14.8. The predicted octanol–water partition coefficient (Wildman–Crippen LogP) is 2.37. The van der Waals surface area contributed by atoms with Crippen molar-refractivity contribution < 1.29 is 18.7 Å². The van der Waals surface area contributed by atoms with Crippen LogP contribution in [-0.4, -0.2) is 49.1 Å². The molecule has 1 saturated heterocycles. The number of rotatable bonds is 8. The van der Waals surface area contributed by atoms with Crippen LogP contribution in [0, 0.1) is 12.8 Å². The highest BCUT2D eigenvalue weighted by Gasteiger charge is 2.25. The van der Waals surface area contributed by atoms with Gasteiger partial charge in [0.15, 0.2) is 0 Å². The molecule has 2 amide bonds. The van der Waals surface area contributed by atoms with Gasteiger partial charge in [0.1, 0.15) is 5.76 Å². The molecule has 0 bridgehead atoms. The fourth-order valence-corrected chi connectivity index (χ4v) is 2.73. The molecule has 0 radical (unpaired) electrons. The van der Waals surface area contributed by atoms with Gasteiger partial charge >= 0.3 is 0 Å². The van der Waals surface area contributed by atoms with Crippen LogP contribution in [0.4, 0.5) is 0 Å². The third-order valence-electron chi connectivity index (χ3n) is 4.14. The summed E-state index contributed by atoms with van der Waals surface area (Å²) in [6.07, 6.45) is 3.84. The second-order valence-corrected chi connectivity index (χ2v) is 6.72. The van der Waals surface area contributed by atoms with E-state index in [0.29, 0.717) is 43.3 Å². The number of nitrogens with one attached hydrogen (secondary N) is 1. The van der Waals surface area contributed by atoms with E-state index in [9.17, 15) is 9.59 Å². The summed E-state index contributed by atoms with van der Waals surface area (Å²) in [6, 6.07) is 1.68. The largest absolute Gasteiger partial charge is 0.469 e. The Kier molecular flexibility index (Phi) is 6.85. The minimum atomic E-state index is -0.103. The number of carbonyl (C=O) groups is 2. The van der Waals surface area contributed by atoms with Crippen LogP contribution in [-0.2, 0) is 9.53 Å². The van der Waals surface area contributed by atoms with Gasteiger partial charge in [0.25, 0.3) is 5.91 Å². The molecule has 0 aromatic carbocycles. The second kappa shape index (κ2) is 8.87. The molecule has 0 unspecified atom stereocenters. The third-order valence-corrected chi connectivity index (χ3v) is 4.14. The van der Waals surface area contributed by atoms with E-state index < -0.39 is 0 Å². The van der Waals surface area contributed by atoms with Crippen LogP contribution >= 0.6 is 0 Å². The molecule has 0 aliphatic carbocycles. The first-order chi connectivity index (χ1) is 11.5. The molecule has 1 aromatic rings. The van der Waals surface area contributed by atoms with Crippen molar-refractivity contribution in [2.75, 3.05) is 26.2 Å². The lowest BCUT2D eigenvalue weighted by Gasteiger charge is -2.25. The van der Waals surface area contributed by atoms with Crippen LogP contribution in [0.1, 0.15) is 49.2 Å². The third kappa shape index (κ3) is 5.37. The summed E-state index contributed by atoms with van der Waals surface area (Å²) >= 11 is 0. The summed E-state index contributed by atoms with van der Waals surface area (Å²) in [7, 11) is 0. The molecule has 1 aliphatic rings. The first kappa shape index (κ1) is 18.5. The highest BCUT2D eigenvalue weighted by atomic mass is 16.5. The van der Waals surface area contributed by atoms with Crippen LogP contribution in [0.25, 0.3) is 0 Å². The molecule has 0 saturated carbocycles. The van der Waals surface area contributed by atoms with E-state index in [1.165, 1.54) is 6.26 Å². The molecule has 1 fully saturated rings. The van der Waals surface area contributed by atoms with E-state index in [1.54, 1.807) is 17.9 Å². The number of amides is 2. The number of aryl methyl sites for hydroxylation is 1. The number of carbonyl (C=O) groups excluding carboxylic acids is 2. The molecule has 0 spiro atoms. The lowest BCUT2D eigenvalue weighted by molar-refractivity contribution is -0.121. The maximum absolute atomic E-state index is 12.8. The fourth-order valence-electron chi connectivity index (χ4n) is 2.73. The monoisotopic (exact) mass is 336 g/mol. The van der Waals surface area contributed by atoms with Gasteiger partial charge in [-0.2, -0.15) is 0 Å². The molecule has 1 atom stereocenters. The Bertz CT molecular complexity index is 547. The number of ether oxygens (including phenoxy) is 1. The van der Waals surface area contributed by atoms with Gasteiger partial charge < -0.3 is 19.4 Å². The Morgan fingerprint density at radius 2 is 2.21 bits per heavy atom. The Balaban J connectivity index is 1.96. The van der Waals surface area contributed by atoms with Crippen LogP contribution in [0.15, 0.2) is 16.7 Å². The number of furan rings is 1. The maximum atomic E-state index is 12.8. The van der Waals surface area contributed by atoms with Gasteiger partial charge in [-0.1, -0.05) is 13.8 Å². The van der Waals surface area contributed by atoms with E-state index in [-0.39, 0.29) is 17.9 Å². The van der Waals surface area contributed by atoms with Gasteiger partial charge in [-0.15, -0.1) is 0 Å². The lowest BCUT2D eigenvalue weighted by atomic mass is 10.1. The van der Waals surface area contributed by atoms with Crippen molar-refractivity contribution in [1.82, 2.24) is 10.2 Å². The molecule has 24 heavy (non-hydrogen) atoms. The highest BCUT2D eigenvalue weighted by Crippen LogP contribution is 2.17. The van der Waals surface area contributed by atoms with Crippen LogP contribution < -0.4 is 5.32 Å². The summed E-state index contributed by atoms with van der Waals surface area (Å²) in [5.41, 5.74) is 0.551. The average molecular weight is 336 g/mol. The number of hydrogen-bond donors (Lipinski definition) is 1. The normalized spacial score (nSPS) is 17.2. The minimum Gasteiger partial charge on any atom is -0.469 e. The van der Waals surface area contributed by atoms with E-state index in [0.717, 1.165) is 19.4 Å². The molecule has 1 aromatic heterocycles. The first-order valence-corrected chi connectivity index (χ1v) is 8.69. The van der Waals surface area contributed by atoms with Gasteiger partial charge in [0.05, 0.1) is 17.9 Å². The number of nitrogens with zero attached hydrogens (tertiary/aromatic N) is 1.